The number of pyridine rings is 1. The molecule has 0 aliphatic heterocycles. The molecule has 2 aromatic heterocycles. The van der Waals surface area contributed by atoms with E-state index in [2.05, 4.69) is 11.1 Å². The lowest BCUT2D eigenvalue weighted by Gasteiger charge is -1.90. The maximum Gasteiger partial charge on any atom is 0.147 e. The van der Waals surface area contributed by atoms with E-state index >= 15 is 0 Å². The van der Waals surface area contributed by atoms with Crippen LogP contribution >= 0.6 is 0 Å². The van der Waals surface area contributed by atoms with Crippen molar-refractivity contribution < 1.29 is 0 Å². The molecule has 0 saturated carbocycles. The summed E-state index contributed by atoms with van der Waals surface area (Å²) in [7, 11) is 0. The zero-order valence-corrected chi connectivity index (χ0v) is 6.65. The molecule has 3 heteroatoms. The Morgan fingerprint density at radius 3 is 3.08 bits per heavy atom. The van der Waals surface area contributed by atoms with E-state index in [0.717, 1.165) is 11.3 Å². The van der Waals surface area contributed by atoms with Gasteiger partial charge in [0.2, 0.25) is 0 Å². The minimum absolute atomic E-state index is 0.616. The predicted octanol–water partition coefficient (Wildman–Crippen LogP) is 1.51. The van der Waals surface area contributed by atoms with Crippen molar-refractivity contribution in [3.8, 4) is 6.07 Å². The monoisotopic (exact) mass is 157 g/mol. The number of fused-ring (bicyclic) bond motifs is 1. The summed E-state index contributed by atoms with van der Waals surface area (Å²) in [6.07, 6.45) is 1.84. The van der Waals surface area contributed by atoms with Gasteiger partial charge in [0.05, 0.1) is 5.69 Å². The molecule has 0 atom stereocenters. The van der Waals surface area contributed by atoms with Crippen LogP contribution in [0, 0.1) is 18.3 Å². The van der Waals surface area contributed by atoms with Crippen LogP contribution in [0.15, 0.2) is 24.4 Å². The highest BCUT2D eigenvalue weighted by Crippen LogP contribution is 2.09. The van der Waals surface area contributed by atoms with Gasteiger partial charge < -0.3 is 0 Å². The smallest absolute Gasteiger partial charge is 0.147 e. The van der Waals surface area contributed by atoms with Crippen molar-refractivity contribution in [2.24, 2.45) is 0 Å². The fourth-order valence-electron chi connectivity index (χ4n) is 1.25. The minimum atomic E-state index is 0.616. The fraction of sp³-hybridized carbons (Fsp3) is 0.111. The molecule has 0 spiro atoms. The minimum Gasteiger partial charge on any atom is -0.291 e. The van der Waals surface area contributed by atoms with Crippen molar-refractivity contribution in [1.29, 1.82) is 5.26 Å². The van der Waals surface area contributed by atoms with Crippen LogP contribution in [0.2, 0.25) is 0 Å². The summed E-state index contributed by atoms with van der Waals surface area (Å²) in [5.74, 6) is 0. The molecule has 0 amide bonds. The number of nitrogens with zero attached hydrogens (tertiary/aromatic N) is 3. The van der Waals surface area contributed by atoms with E-state index in [1.165, 1.54) is 0 Å². The highest BCUT2D eigenvalue weighted by Gasteiger charge is 2.05. The molecule has 2 aromatic rings. The topological polar surface area (TPSA) is 41.1 Å². The third kappa shape index (κ3) is 0.785. The number of nitriles is 1. The molecular weight excluding hydrogens is 150 g/mol. The summed E-state index contributed by atoms with van der Waals surface area (Å²) < 4.78 is 1.79. The van der Waals surface area contributed by atoms with Crippen LogP contribution in [0.3, 0.4) is 0 Å². The first-order valence-corrected chi connectivity index (χ1v) is 3.66. The Morgan fingerprint density at radius 1 is 1.50 bits per heavy atom. The first kappa shape index (κ1) is 6.86. The highest BCUT2D eigenvalue weighted by atomic mass is 15.0. The average molecular weight is 157 g/mol. The number of rotatable bonds is 0. The van der Waals surface area contributed by atoms with E-state index in [1.807, 2.05) is 31.3 Å². The van der Waals surface area contributed by atoms with Gasteiger partial charge in [0.25, 0.3) is 0 Å². The second kappa shape index (κ2) is 2.35. The highest BCUT2D eigenvalue weighted by molar-refractivity contribution is 5.46. The normalized spacial score (nSPS) is 10.0. The van der Waals surface area contributed by atoms with Crippen molar-refractivity contribution >= 4 is 5.65 Å². The molecule has 0 bridgehead atoms. The van der Waals surface area contributed by atoms with Crippen molar-refractivity contribution in [3.05, 3.63) is 35.8 Å². The SMILES string of the molecule is Cc1nc2ccccn2c1C#N. The molecule has 0 radical (unpaired) electrons. The largest absolute Gasteiger partial charge is 0.291 e. The first-order chi connectivity index (χ1) is 5.83. The second-order valence-corrected chi connectivity index (χ2v) is 2.59. The van der Waals surface area contributed by atoms with Gasteiger partial charge >= 0.3 is 0 Å². The molecule has 0 unspecified atom stereocenters. The van der Waals surface area contributed by atoms with Crippen LogP contribution in [0.1, 0.15) is 11.4 Å². The molecule has 3 nitrogen and oxygen atoms in total. The van der Waals surface area contributed by atoms with Gasteiger partial charge in [-0.05, 0) is 19.1 Å². The lowest BCUT2D eigenvalue weighted by atomic mass is 10.4. The van der Waals surface area contributed by atoms with Gasteiger partial charge in [-0.15, -0.1) is 0 Å². The summed E-state index contributed by atoms with van der Waals surface area (Å²) in [5, 5.41) is 8.79. The quantitative estimate of drug-likeness (QED) is 0.581. The molecule has 0 saturated heterocycles. The van der Waals surface area contributed by atoms with Gasteiger partial charge in [-0.2, -0.15) is 5.26 Å². The lowest BCUT2D eigenvalue weighted by Crippen LogP contribution is -1.86. The third-order valence-corrected chi connectivity index (χ3v) is 1.81. The molecule has 0 aliphatic carbocycles. The second-order valence-electron chi connectivity index (χ2n) is 2.59. The number of aromatic nitrogens is 2. The summed E-state index contributed by atoms with van der Waals surface area (Å²) in [6.45, 7) is 1.84. The predicted molar refractivity (Wildman–Crippen MR) is 44.6 cm³/mol. The third-order valence-electron chi connectivity index (χ3n) is 1.81. The zero-order valence-electron chi connectivity index (χ0n) is 6.65. The van der Waals surface area contributed by atoms with Crippen LogP contribution in [0.4, 0.5) is 0 Å². The van der Waals surface area contributed by atoms with Gasteiger partial charge in [0, 0.05) is 6.20 Å². The average Bonchev–Trinajstić information content (AvgIpc) is 2.40. The van der Waals surface area contributed by atoms with E-state index in [0.29, 0.717) is 5.69 Å². The van der Waals surface area contributed by atoms with Gasteiger partial charge in [0.15, 0.2) is 0 Å². The van der Waals surface area contributed by atoms with Crippen LogP contribution in [0.25, 0.3) is 5.65 Å². The molecule has 0 aliphatic rings. The molecule has 0 aromatic carbocycles. The van der Waals surface area contributed by atoms with Crippen LogP contribution in [-0.2, 0) is 0 Å². The molecule has 12 heavy (non-hydrogen) atoms. The Kier molecular flexibility index (Phi) is 1.34. The molecule has 58 valence electrons. The van der Waals surface area contributed by atoms with Crippen molar-refractivity contribution in [2.75, 3.05) is 0 Å². The maximum absolute atomic E-state index is 8.79. The summed E-state index contributed by atoms with van der Waals surface area (Å²) in [4.78, 5) is 4.22. The van der Waals surface area contributed by atoms with Gasteiger partial charge in [-0.25, -0.2) is 4.98 Å². The first-order valence-electron chi connectivity index (χ1n) is 3.66. The molecule has 0 fully saturated rings. The van der Waals surface area contributed by atoms with Gasteiger partial charge in [-0.1, -0.05) is 6.07 Å². The Morgan fingerprint density at radius 2 is 2.33 bits per heavy atom. The Bertz CT molecular complexity index is 462. The van der Waals surface area contributed by atoms with E-state index in [4.69, 9.17) is 5.26 Å². The summed E-state index contributed by atoms with van der Waals surface area (Å²) in [6, 6.07) is 7.79. The van der Waals surface area contributed by atoms with Gasteiger partial charge in [-0.3, -0.25) is 4.40 Å². The van der Waals surface area contributed by atoms with E-state index in [1.54, 1.807) is 4.40 Å². The molecule has 2 heterocycles. The Hall–Kier alpha value is -1.82. The number of aryl methyl sites for hydroxylation is 1. The van der Waals surface area contributed by atoms with Crippen LogP contribution in [-0.4, -0.2) is 9.38 Å². The Labute approximate surface area is 69.9 Å². The maximum atomic E-state index is 8.79. The van der Waals surface area contributed by atoms with Crippen LogP contribution < -0.4 is 0 Å². The number of hydrogen-bond donors (Lipinski definition) is 0. The summed E-state index contributed by atoms with van der Waals surface area (Å²) >= 11 is 0. The van der Waals surface area contributed by atoms with E-state index < -0.39 is 0 Å². The van der Waals surface area contributed by atoms with Gasteiger partial charge in [0.1, 0.15) is 17.4 Å². The molecular formula is C9H7N3. The fourth-order valence-corrected chi connectivity index (χ4v) is 1.25. The van der Waals surface area contributed by atoms with E-state index in [-0.39, 0.29) is 0 Å². The Balaban J connectivity index is 2.93. The molecule has 0 N–H and O–H groups in total. The van der Waals surface area contributed by atoms with E-state index in [9.17, 15) is 0 Å². The zero-order chi connectivity index (χ0) is 8.55. The van der Waals surface area contributed by atoms with Crippen molar-refractivity contribution in [2.45, 2.75) is 6.92 Å². The lowest BCUT2D eigenvalue weighted by molar-refractivity contribution is 1.14. The number of imidazole rings is 1. The van der Waals surface area contributed by atoms with Crippen molar-refractivity contribution in [1.82, 2.24) is 9.38 Å². The molecule has 2 rings (SSSR count). The number of hydrogen-bond acceptors (Lipinski definition) is 2. The standard InChI is InChI=1S/C9H7N3/c1-7-8(6-10)12-5-3-2-4-9(12)11-7/h2-5H,1H3. The summed E-state index contributed by atoms with van der Waals surface area (Å²) in [5.41, 5.74) is 2.22. The van der Waals surface area contributed by atoms with Crippen molar-refractivity contribution in [3.63, 3.8) is 0 Å². The van der Waals surface area contributed by atoms with Crippen LogP contribution in [0.5, 0.6) is 0 Å².